The molecule has 0 radical (unpaired) electrons. The fraction of sp³-hybridized carbons (Fsp3) is 0.393. The molecule has 0 spiro atoms. The summed E-state index contributed by atoms with van der Waals surface area (Å²) in [5, 5.41) is 23.2. The number of aromatic nitrogens is 1. The average molecular weight is 1160 g/mol. The fourth-order valence-corrected chi connectivity index (χ4v) is 14.9. The quantitative estimate of drug-likeness (QED) is 0.0257. The zero-order valence-corrected chi connectivity index (χ0v) is 47.8. The molecule has 2 saturated heterocycles. The second-order valence-corrected chi connectivity index (χ2v) is 26.6. The highest BCUT2D eigenvalue weighted by atomic mass is 35.5. The van der Waals surface area contributed by atoms with E-state index in [9.17, 15) is 40.4 Å². The topological polar surface area (TPSA) is 148 Å². The predicted molar refractivity (Wildman–Crippen MR) is 308 cm³/mol. The molecule has 3 N–H and O–H groups in total. The molecule has 13 nitrogen and oxygen atoms in total. The van der Waals surface area contributed by atoms with Crippen molar-refractivity contribution in [3.05, 3.63) is 132 Å². The number of likely N-dealkylation sites (tertiary alicyclic amines) is 1. The van der Waals surface area contributed by atoms with Gasteiger partial charge in [-0.2, -0.15) is 13.2 Å². The number of thioether (sulfide) groups is 1. The number of benzene rings is 5. The van der Waals surface area contributed by atoms with Gasteiger partial charge in [-0.1, -0.05) is 60.1 Å². The monoisotopic (exact) mass is 1150 g/mol. The van der Waals surface area contributed by atoms with Crippen LogP contribution in [0.1, 0.15) is 44.8 Å². The number of nitrogens with one attached hydrogen (secondary N) is 1. The van der Waals surface area contributed by atoms with Gasteiger partial charge in [-0.05, 0) is 148 Å². The van der Waals surface area contributed by atoms with Gasteiger partial charge >= 0.3 is 5.51 Å². The van der Waals surface area contributed by atoms with Crippen LogP contribution in [0.15, 0.2) is 136 Å². The van der Waals surface area contributed by atoms with Gasteiger partial charge in [0, 0.05) is 117 Å². The van der Waals surface area contributed by atoms with Crippen molar-refractivity contribution in [2.45, 2.75) is 72.3 Å². The molecule has 2 atom stereocenters. The number of sulfone groups is 2. The van der Waals surface area contributed by atoms with Crippen LogP contribution in [0.5, 0.6) is 0 Å². The van der Waals surface area contributed by atoms with Gasteiger partial charge in [-0.25, -0.2) is 21.7 Å². The van der Waals surface area contributed by atoms with Crippen LogP contribution in [0.25, 0.3) is 22.4 Å². The van der Waals surface area contributed by atoms with Crippen LogP contribution in [0.3, 0.4) is 0 Å². The lowest BCUT2D eigenvalue weighted by molar-refractivity contribution is -0.239. The molecule has 21 heteroatoms. The molecule has 77 heavy (non-hydrogen) atoms. The van der Waals surface area contributed by atoms with Crippen molar-refractivity contribution in [3.8, 4) is 22.4 Å². The van der Waals surface area contributed by atoms with E-state index >= 15 is 0 Å². The van der Waals surface area contributed by atoms with E-state index in [1.807, 2.05) is 123 Å². The summed E-state index contributed by atoms with van der Waals surface area (Å²) in [6.45, 7) is 11.0. The number of piperazine rings is 1. The summed E-state index contributed by atoms with van der Waals surface area (Å²) in [6, 6.07) is 36.6. The summed E-state index contributed by atoms with van der Waals surface area (Å²) >= 11 is 7.84. The molecular formula is C56H67ClF3N6O7PS3. The van der Waals surface area contributed by atoms with Crippen molar-refractivity contribution < 1.29 is 45.3 Å². The first-order valence-corrected chi connectivity index (χ1v) is 31.4. The Balaban J connectivity index is 0.990. The van der Waals surface area contributed by atoms with Gasteiger partial charge in [0.1, 0.15) is 0 Å². The largest absolute Gasteiger partial charge is 0.501 e. The van der Waals surface area contributed by atoms with Crippen LogP contribution >= 0.6 is 32.1 Å². The standard InChI is InChI=1S/C56H67ClF3N6O7PS3/c1-39(2)66-40(3)55(76(4,69)70)53(54(66)42-13-15-44(57)16-14-42)43-9-8-10-48(35-43)64-31-29-63(30-32-64)46-17-19-47(20-18-46)65(33-34-73-68)74-49-21-22-51(52(36-49)77(71,72)56(58,59)60)61-45(38-75-50-11-6-5-7-12-50)25-28-62-26-23-41(37-67)24-27-62/h5-22,35-36,39,41,45,61,67-68,74H,23-34,37-38H2,1-4H3/t45-/m1/s1. The molecule has 6 aromatic rings. The van der Waals surface area contributed by atoms with Crippen LogP contribution < -0.4 is 25.1 Å². The lowest BCUT2D eigenvalue weighted by atomic mass is 9.97. The highest BCUT2D eigenvalue weighted by Gasteiger charge is 2.48. The van der Waals surface area contributed by atoms with Gasteiger partial charge in [-0.3, -0.25) is 5.26 Å². The summed E-state index contributed by atoms with van der Waals surface area (Å²) in [5.74, 6) is 0.720. The van der Waals surface area contributed by atoms with Crippen LogP contribution in [0.2, 0.25) is 5.02 Å². The van der Waals surface area contributed by atoms with Gasteiger partial charge in [-0.15, -0.1) is 11.8 Å². The number of anilines is 4. The highest BCUT2D eigenvalue weighted by molar-refractivity contribution is 7.99. The minimum absolute atomic E-state index is 0.0306. The molecule has 2 aliphatic rings. The van der Waals surface area contributed by atoms with Crippen LogP contribution in [0.4, 0.5) is 35.9 Å². The number of alkyl halides is 3. The minimum atomic E-state index is -5.80. The summed E-state index contributed by atoms with van der Waals surface area (Å²) in [7, 11) is -9.79. The third kappa shape index (κ3) is 14.1. The molecule has 0 amide bonds. The Labute approximate surface area is 462 Å². The van der Waals surface area contributed by atoms with Crippen molar-refractivity contribution in [2.24, 2.45) is 5.92 Å². The molecule has 0 bridgehead atoms. The Bertz CT molecular complexity index is 3160. The first-order chi connectivity index (χ1) is 36.7. The van der Waals surface area contributed by atoms with Gasteiger partial charge < -0.3 is 34.4 Å². The summed E-state index contributed by atoms with van der Waals surface area (Å²) in [5.41, 5.74) is 0.686. The Kier molecular flexibility index (Phi) is 19.3. The maximum absolute atomic E-state index is 14.5. The second-order valence-electron chi connectivity index (χ2n) is 19.9. The van der Waals surface area contributed by atoms with Crippen molar-refractivity contribution in [3.63, 3.8) is 0 Å². The van der Waals surface area contributed by atoms with Crippen molar-refractivity contribution >= 4 is 79.8 Å². The van der Waals surface area contributed by atoms with E-state index in [1.54, 1.807) is 6.07 Å². The van der Waals surface area contributed by atoms with E-state index in [4.69, 9.17) is 11.6 Å². The Hall–Kier alpha value is -4.82. The number of aliphatic hydroxyl groups is 1. The number of nitrogens with zero attached hydrogens (tertiary/aromatic N) is 5. The zero-order valence-electron chi connectivity index (χ0n) is 43.6. The third-order valence-corrected chi connectivity index (χ3v) is 19.8. The normalized spacial score (nSPS) is 15.7. The minimum Gasteiger partial charge on any atom is -0.396 e. The van der Waals surface area contributed by atoms with E-state index in [0.29, 0.717) is 77.1 Å². The average Bonchev–Trinajstić information content (AvgIpc) is 3.75. The number of aliphatic hydroxyl groups excluding tert-OH is 1. The third-order valence-electron chi connectivity index (χ3n) is 14.3. The number of piperidine rings is 1. The lowest BCUT2D eigenvalue weighted by Gasteiger charge is -2.37. The molecule has 414 valence electrons. The molecular weight excluding hydrogens is 1090 g/mol. The molecule has 0 aliphatic carbocycles. The Morgan fingerprint density at radius 1 is 0.831 bits per heavy atom. The molecule has 1 unspecified atom stereocenters. The van der Waals surface area contributed by atoms with Crippen molar-refractivity contribution in [1.29, 1.82) is 0 Å². The van der Waals surface area contributed by atoms with Crippen LogP contribution in [0, 0.1) is 12.8 Å². The molecule has 3 heterocycles. The SMILES string of the molecule is Cc1c(S(C)(=O)=O)c(-c2cccc(N3CCN(c4ccc(N(CCOO)Pc5ccc(N[C@H](CCN6CCC(CO)CC6)CSc6ccccc6)c(S(=O)(=O)C(F)(F)F)c5)cc4)CC3)c2)c(-c2ccc(Cl)cc2)n1C(C)C. The molecule has 2 fully saturated rings. The highest BCUT2D eigenvalue weighted by Crippen LogP contribution is 2.45. The van der Waals surface area contributed by atoms with E-state index in [-0.39, 0.29) is 52.2 Å². The second kappa shape index (κ2) is 25.5. The van der Waals surface area contributed by atoms with Crippen LogP contribution in [-0.2, 0) is 24.6 Å². The van der Waals surface area contributed by atoms with E-state index in [1.165, 1.54) is 24.1 Å². The lowest BCUT2D eigenvalue weighted by Crippen LogP contribution is -2.46. The van der Waals surface area contributed by atoms with Crippen molar-refractivity contribution in [1.82, 2.24) is 9.47 Å². The number of rotatable bonds is 22. The van der Waals surface area contributed by atoms with Gasteiger partial charge in [0.25, 0.3) is 9.84 Å². The van der Waals surface area contributed by atoms with Crippen molar-refractivity contribution in [2.75, 3.05) is 97.4 Å². The maximum Gasteiger partial charge on any atom is 0.501 e. The number of hydrogen-bond acceptors (Lipinski definition) is 13. The number of halogens is 4. The first-order valence-electron chi connectivity index (χ1n) is 25.7. The summed E-state index contributed by atoms with van der Waals surface area (Å²) in [4.78, 5) is 11.7. The molecule has 1 aromatic heterocycles. The first kappa shape index (κ1) is 58.3. The Morgan fingerprint density at radius 2 is 1.49 bits per heavy atom. The molecule has 5 aromatic carbocycles. The Morgan fingerprint density at radius 3 is 2.10 bits per heavy atom. The van der Waals surface area contributed by atoms with Crippen LogP contribution in [-0.4, -0.2) is 126 Å². The van der Waals surface area contributed by atoms with Gasteiger partial charge in [0.05, 0.1) is 27.8 Å². The zero-order chi connectivity index (χ0) is 55.1. The number of hydrogen-bond donors (Lipinski definition) is 3. The smallest absolute Gasteiger partial charge is 0.396 e. The van der Waals surface area contributed by atoms with E-state index in [2.05, 4.69) is 35.5 Å². The molecule has 8 rings (SSSR count). The maximum atomic E-state index is 14.5. The van der Waals surface area contributed by atoms with E-state index in [0.717, 1.165) is 65.1 Å². The predicted octanol–water partition coefficient (Wildman–Crippen LogP) is 11.3. The molecule has 2 aliphatic heterocycles. The fourth-order valence-electron chi connectivity index (χ4n) is 10.3. The molecule has 0 saturated carbocycles. The summed E-state index contributed by atoms with van der Waals surface area (Å²) in [6.07, 6.45) is 3.51. The van der Waals surface area contributed by atoms with Gasteiger partial charge in [0.15, 0.2) is 9.84 Å². The summed E-state index contributed by atoms with van der Waals surface area (Å²) < 4.78 is 101. The van der Waals surface area contributed by atoms with Gasteiger partial charge in [0.2, 0.25) is 0 Å². The van der Waals surface area contributed by atoms with E-state index < -0.39 is 30.1 Å².